The van der Waals surface area contributed by atoms with E-state index >= 15 is 0 Å². The molecule has 7 nitrogen and oxygen atoms in total. The van der Waals surface area contributed by atoms with Crippen molar-refractivity contribution in [3.05, 3.63) is 90.0 Å². The van der Waals surface area contributed by atoms with Gasteiger partial charge in [-0.3, -0.25) is 9.10 Å². The summed E-state index contributed by atoms with van der Waals surface area (Å²) in [5.41, 5.74) is 1.39. The van der Waals surface area contributed by atoms with Crippen molar-refractivity contribution in [1.29, 1.82) is 0 Å². The van der Waals surface area contributed by atoms with Crippen LogP contribution in [-0.2, 0) is 21.0 Å². The summed E-state index contributed by atoms with van der Waals surface area (Å²) in [7, 11) is -2.90. The van der Waals surface area contributed by atoms with E-state index in [1.165, 1.54) is 43.7 Å². The average molecular weight is 491 g/mol. The van der Waals surface area contributed by atoms with E-state index in [0.29, 0.717) is 21.7 Å². The number of sulfonamides is 1. The molecule has 34 heavy (non-hydrogen) atoms. The Hall–Kier alpha value is -3.86. The first-order chi connectivity index (χ1) is 16.1. The first-order valence-corrected chi connectivity index (χ1v) is 11.3. The highest BCUT2D eigenvalue weighted by atomic mass is 32.2. The molecular weight excluding hydrogens is 471 g/mol. The number of hydrogen-bond acceptors (Lipinski definition) is 5. The van der Waals surface area contributed by atoms with Crippen LogP contribution >= 0.6 is 0 Å². The molecule has 1 N–H and O–H groups in total. The molecule has 0 aliphatic heterocycles. The van der Waals surface area contributed by atoms with Crippen molar-refractivity contribution in [2.75, 3.05) is 18.0 Å². The molecule has 178 valence electrons. The van der Waals surface area contributed by atoms with Crippen LogP contribution < -0.4 is 14.5 Å². The molecule has 0 fully saturated rings. The maximum absolute atomic E-state index is 13.2. The number of hydrazone groups is 1. The van der Waals surface area contributed by atoms with Gasteiger partial charge in [0.1, 0.15) is 12.3 Å². The van der Waals surface area contributed by atoms with E-state index in [2.05, 4.69) is 10.5 Å². The number of halogens is 3. The van der Waals surface area contributed by atoms with E-state index in [9.17, 15) is 26.4 Å². The summed E-state index contributed by atoms with van der Waals surface area (Å²) in [6, 6.07) is 17.7. The van der Waals surface area contributed by atoms with E-state index in [4.69, 9.17) is 4.74 Å². The maximum atomic E-state index is 13.2. The fourth-order valence-electron chi connectivity index (χ4n) is 2.98. The van der Waals surface area contributed by atoms with Crippen LogP contribution in [0.25, 0.3) is 0 Å². The summed E-state index contributed by atoms with van der Waals surface area (Å²) in [6.45, 7) is -0.804. The molecule has 0 spiro atoms. The van der Waals surface area contributed by atoms with Gasteiger partial charge in [-0.25, -0.2) is 13.8 Å². The zero-order chi connectivity index (χ0) is 24.8. The van der Waals surface area contributed by atoms with E-state index < -0.39 is 34.2 Å². The van der Waals surface area contributed by atoms with Crippen LogP contribution in [0.1, 0.15) is 11.1 Å². The van der Waals surface area contributed by atoms with Crippen LogP contribution in [0.4, 0.5) is 18.9 Å². The van der Waals surface area contributed by atoms with Crippen LogP contribution in [0.3, 0.4) is 0 Å². The van der Waals surface area contributed by atoms with Crippen LogP contribution in [0.2, 0.25) is 0 Å². The third-order valence-electron chi connectivity index (χ3n) is 4.61. The molecule has 0 unspecified atom stereocenters. The number of alkyl halides is 3. The van der Waals surface area contributed by atoms with Crippen molar-refractivity contribution in [3.63, 3.8) is 0 Å². The fraction of sp³-hybridized carbons (Fsp3) is 0.130. The van der Waals surface area contributed by atoms with Gasteiger partial charge in [-0.1, -0.05) is 36.4 Å². The van der Waals surface area contributed by atoms with Gasteiger partial charge in [0.2, 0.25) is 0 Å². The molecule has 11 heteroatoms. The molecule has 0 aliphatic rings. The minimum absolute atomic E-state index is 0.183. The number of hydrogen-bond donors (Lipinski definition) is 1. The van der Waals surface area contributed by atoms with E-state index in [1.807, 2.05) is 0 Å². The predicted octanol–water partition coefficient (Wildman–Crippen LogP) is 4.06. The van der Waals surface area contributed by atoms with Gasteiger partial charge in [-0.05, 0) is 42.5 Å². The summed E-state index contributed by atoms with van der Waals surface area (Å²) < 4.78 is 71.9. The summed E-state index contributed by atoms with van der Waals surface area (Å²) in [5, 5.41) is 3.80. The normalized spacial score (nSPS) is 11.9. The number of benzene rings is 3. The third kappa shape index (κ3) is 5.93. The standard InChI is InChI=1S/C23H20F3N3O4S/c1-33-21-13-6-5-8-17(21)15-27-28-22(30)16-29(34(31,32)20-11-3-2-4-12-20)19-10-7-9-18(14-19)23(24,25)26/h2-15H,16H2,1H3,(H,28,30)/b27-15-. The van der Waals surface area contributed by atoms with Crippen LogP contribution in [0.5, 0.6) is 5.75 Å². The largest absolute Gasteiger partial charge is 0.496 e. The van der Waals surface area contributed by atoms with Crippen molar-refractivity contribution in [2.45, 2.75) is 11.1 Å². The Balaban J connectivity index is 1.90. The van der Waals surface area contributed by atoms with Crippen molar-refractivity contribution in [3.8, 4) is 5.75 Å². The van der Waals surface area contributed by atoms with E-state index in [1.54, 1.807) is 30.3 Å². The average Bonchev–Trinajstić information content (AvgIpc) is 2.83. The number of carbonyl (C=O) groups is 1. The van der Waals surface area contributed by atoms with Gasteiger partial charge in [0.25, 0.3) is 15.9 Å². The molecule has 1 amide bonds. The molecule has 0 saturated carbocycles. The molecule has 3 aromatic rings. The number of para-hydroxylation sites is 1. The number of anilines is 1. The molecule has 0 bridgehead atoms. The number of nitrogens with zero attached hydrogens (tertiary/aromatic N) is 2. The first-order valence-electron chi connectivity index (χ1n) is 9.83. The monoisotopic (exact) mass is 491 g/mol. The highest BCUT2D eigenvalue weighted by Gasteiger charge is 2.33. The predicted molar refractivity (Wildman–Crippen MR) is 121 cm³/mol. The quantitative estimate of drug-likeness (QED) is 0.380. The van der Waals surface area contributed by atoms with Gasteiger partial charge >= 0.3 is 6.18 Å². The van der Waals surface area contributed by atoms with Crippen molar-refractivity contribution in [2.24, 2.45) is 5.10 Å². The number of ether oxygens (including phenoxy) is 1. The topological polar surface area (TPSA) is 88.1 Å². The molecule has 0 aromatic heterocycles. The molecule has 3 aromatic carbocycles. The Kier molecular flexibility index (Phi) is 7.57. The van der Waals surface area contributed by atoms with Gasteiger partial charge < -0.3 is 4.74 Å². The summed E-state index contributed by atoms with van der Waals surface area (Å²) in [6.07, 6.45) is -3.39. The van der Waals surface area contributed by atoms with Crippen molar-refractivity contribution in [1.82, 2.24) is 5.43 Å². The smallest absolute Gasteiger partial charge is 0.416 e. The van der Waals surface area contributed by atoms with Gasteiger partial charge in [0.05, 0.1) is 29.5 Å². The maximum Gasteiger partial charge on any atom is 0.416 e. The Bertz CT molecular complexity index is 1280. The van der Waals surface area contributed by atoms with Crippen LogP contribution in [0.15, 0.2) is 88.9 Å². The van der Waals surface area contributed by atoms with Gasteiger partial charge in [-0.15, -0.1) is 0 Å². The third-order valence-corrected chi connectivity index (χ3v) is 6.40. The Labute approximate surface area is 194 Å². The highest BCUT2D eigenvalue weighted by molar-refractivity contribution is 7.92. The van der Waals surface area contributed by atoms with Crippen LogP contribution in [-0.4, -0.2) is 34.2 Å². The molecule has 3 rings (SSSR count). The number of amides is 1. The Morgan fingerprint density at radius 1 is 1.03 bits per heavy atom. The zero-order valence-electron chi connectivity index (χ0n) is 17.9. The lowest BCUT2D eigenvalue weighted by Crippen LogP contribution is -2.39. The second kappa shape index (κ2) is 10.4. The number of rotatable bonds is 8. The lowest BCUT2D eigenvalue weighted by atomic mass is 10.2. The SMILES string of the molecule is COc1ccccc1/C=N\NC(=O)CN(c1cccc(C(F)(F)F)c1)S(=O)(=O)c1ccccc1. The molecule has 0 saturated heterocycles. The van der Waals surface area contributed by atoms with Crippen molar-refractivity contribution < 1.29 is 31.1 Å². The minimum atomic E-state index is -4.69. The first kappa shape index (κ1) is 24.8. The molecular formula is C23H20F3N3O4S. The highest BCUT2D eigenvalue weighted by Crippen LogP contribution is 2.33. The molecule has 0 atom stereocenters. The van der Waals surface area contributed by atoms with E-state index in [0.717, 1.165) is 12.1 Å². The zero-order valence-corrected chi connectivity index (χ0v) is 18.7. The van der Waals surface area contributed by atoms with Crippen LogP contribution in [0, 0.1) is 0 Å². The van der Waals surface area contributed by atoms with Gasteiger partial charge in [0, 0.05) is 5.56 Å². The van der Waals surface area contributed by atoms with Gasteiger partial charge in [-0.2, -0.15) is 18.3 Å². The summed E-state index contributed by atoms with van der Waals surface area (Å²) >= 11 is 0. The van der Waals surface area contributed by atoms with Gasteiger partial charge in [0.15, 0.2) is 0 Å². The molecule has 0 aliphatic carbocycles. The molecule has 0 radical (unpaired) electrons. The Morgan fingerprint density at radius 3 is 2.38 bits per heavy atom. The second-order valence-corrected chi connectivity index (χ2v) is 8.77. The number of nitrogens with one attached hydrogen (secondary N) is 1. The second-order valence-electron chi connectivity index (χ2n) is 6.91. The lowest BCUT2D eigenvalue weighted by Gasteiger charge is -2.24. The Morgan fingerprint density at radius 2 is 1.71 bits per heavy atom. The van der Waals surface area contributed by atoms with Crippen molar-refractivity contribution >= 4 is 27.8 Å². The summed E-state index contributed by atoms with van der Waals surface area (Å²) in [5.74, 6) is -0.360. The fourth-order valence-corrected chi connectivity index (χ4v) is 4.42. The molecule has 0 heterocycles. The number of methoxy groups -OCH3 is 1. The van der Waals surface area contributed by atoms with E-state index in [-0.39, 0.29) is 10.6 Å². The minimum Gasteiger partial charge on any atom is -0.496 e. The summed E-state index contributed by atoms with van der Waals surface area (Å²) in [4.78, 5) is 12.4. The number of carbonyl (C=O) groups excluding carboxylic acids is 1. The lowest BCUT2D eigenvalue weighted by molar-refractivity contribution is -0.137.